The summed E-state index contributed by atoms with van der Waals surface area (Å²) in [5, 5.41) is 9.00. The summed E-state index contributed by atoms with van der Waals surface area (Å²) >= 11 is 1.10. The topological polar surface area (TPSA) is 74.7 Å². The Morgan fingerprint density at radius 2 is 1.89 bits per heavy atom. The molecule has 0 aliphatic heterocycles. The van der Waals surface area contributed by atoms with Crippen molar-refractivity contribution in [2.75, 3.05) is 5.75 Å². The van der Waals surface area contributed by atoms with Crippen molar-refractivity contribution in [1.82, 2.24) is 4.90 Å². The van der Waals surface area contributed by atoms with Crippen LogP contribution >= 0.6 is 11.8 Å². The van der Waals surface area contributed by atoms with E-state index in [0.29, 0.717) is 5.75 Å². The smallest absolute Gasteiger partial charge is 0.326 e. The molecule has 1 aliphatic carbocycles. The van der Waals surface area contributed by atoms with Crippen LogP contribution < -0.4 is 0 Å². The second-order valence-corrected chi connectivity index (χ2v) is 5.89. The minimum absolute atomic E-state index is 0.0288. The van der Waals surface area contributed by atoms with Gasteiger partial charge in [0.05, 0.1) is 0 Å². The average molecular weight is 273 g/mol. The number of hydrogen-bond donors (Lipinski definition) is 1. The van der Waals surface area contributed by atoms with Crippen molar-refractivity contribution in [3.63, 3.8) is 0 Å². The van der Waals surface area contributed by atoms with Crippen LogP contribution in [-0.4, -0.2) is 44.8 Å². The molecule has 1 N–H and O–H groups in total. The summed E-state index contributed by atoms with van der Waals surface area (Å²) in [7, 11) is 0. The summed E-state index contributed by atoms with van der Waals surface area (Å²) in [5.41, 5.74) is 0. The van der Waals surface area contributed by atoms with Gasteiger partial charge >= 0.3 is 5.97 Å². The predicted molar refractivity (Wildman–Crippen MR) is 69.3 cm³/mol. The largest absolute Gasteiger partial charge is 0.480 e. The molecule has 1 rings (SSSR count). The van der Waals surface area contributed by atoms with Gasteiger partial charge in [-0.3, -0.25) is 9.59 Å². The molecular formula is C12H19NO4S. The minimum Gasteiger partial charge on any atom is -0.480 e. The zero-order chi connectivity index (χ0) is 13.9. The van der Waals surface area contributed by atoms with Gasteiger partial charge in [0, 0.05) is 24.6 Å². The number of carbonyl (C=O) groups excluding carboxylic acids is 2. The first-order valence-corrected chi connectivity index (χ1v) is 7.01. The van der Waals surface area contributed by atoms with E-state index in [1.807, 2.05) is 0 Å². The van der Waals surface area contributed by atoms with Gasteiger partial charge in [0.15, 0.2) is 5.12 Å². The van der Waals surface area contributed by atoms with Crippen LogP contribution in [0.2, 0.25) is 0 Å². The van der Waals surface area contributed by atoms with Gasteiger partial charge in [-0.15, -0.1) is 0 Å². The SMILES string of the molecule is CC(=O)SCC(C)C(=O)N(C1CC1)[C@@H](C)C(=O)O. The first kappa shape index (κ1) is 15.0. The molecule has 2 atom stereocenters. The number of nitrogens with zero attached hydrogens (tertiary/aromatic N) is 1. The lowest BCUT2D eigenvalue weighted by atomic mass is 10.1. The fourth-order valence-corrected chi connectivity index (χ4v) is 2.35. The van der Waals surface area contributed by atoms with Crippen LogP contribution in [0, 0.1) is 5.92 Å². The Kier molecular flexibility index (Phi) is 5.19. The first-order valence-electron chi connectivity index (χ1n) is 6.03. The molecule has 18 heavy (non-hydrogen) atoms. The van der Waals surface area contributed by atoms with E-state index in [4.69, 9.17) is 5.11 Å². The minimum atomic E-state index is -0.985. The van der Waals surface area contributed by atoms with Crippen molar-refractivity contribution >= 4 is 28.8 Å². The van der Waals surface area contributed by atoms with Gasteiger partial charge in [-0.05, 0) is 19.8 Å². The molecule has 1 fully saturated rings. The van der Waals surface area contributed by atoms with E-state index in [1.165, 1.54) is 18.7 Å². The van der Waals surface area contributed by atoms with Gasteiger partial charge < -0.3 is 10.0 Å². The molecule has 102 valence electrons. The Morgan fingerprint density at radius 1 is 1.33 bits per heavy atom. The molecule has 1 unspecified atom stereocenters. The van der Waals surface area contributed by atoms with Gasteiger partial charge in [-0.1, -0.05) is 18.7 Å². The van der Waals surface area contributed by atoms with Crippen molar-refractivity contribution in [2.45, 2.75) is 45.7 Å². The van der Waals surface area contributed by atoms with Crippen molar-refractivity contribution in [1.29, 1.82) is 0 Å². The van der Waals surface area contributed by atoms with Crippen LogP contribution in [0.1, 0.15) is 33.6 Å². The lowest BCUT2D eigenvalue weighted by Gasteiger charge is -2.29. The third kappa shape index (κ3) is 4.01. The lowest BCUT2D eigenvalue weighted by molar-refractivity contribution is -0.151. The molecule has 0 bridgehead atoms. The highest BCUT2D eigenvalue weighted by Gasteiger charge is 2.39. The third-order valence-electron chi connectivity index (χ3n) is 2.93. The maximum Gasteiger partial charge on any atom is 0.326 e. The molecule has 0 saturated heterocycles. The quantitative estimate of drug-likeness (QED) is 0.791. The molecule has 0 spiro atoms. The Labute approximate surface area is 111 Å². The number of rotatable bonds is 6. The molecule has 5 nitrogen and oxygen atoms in total. The van der Waals surface area contributed by atoms with Crippen LogP contribution in [0.25, 0.3) is 0 Å². The van der Waals surface area contributed by atoms with Gasteiger partial charge in [0.1, 0.15) is 6.04 Å². The lowest BCUT2D eigenvalue weighted by Crippen LogP contribution is -2.47. The molecule has 1 amide bonds. The Hall–Kier alpha value is -1.04. The summed E-state index contributed by atoms with van der Waals surface area (Å²) < 4.78 is 0. The van der Waals surface area contributed by atoms with Crippen molar-refractivity contribution in [2.24, 2.45) is 5.92 Å². The molecule has 0 aromatic carbocycles. The molecular weight excluding hydrogens is 254 g/mol. The molecule has 0 aromatic rings. The third-order valence-corrected chi connectivity index (χ3v) is 4.00. The van der Waals surface area contributed by atoms with Crippen molar-refractivity contribution < 1.29 is 19.5 Å². The molecule has 0 heterocycles. The summed E-state index contributed by atoms with van der Waals surface area (Å²) in [6.45, 7) is 4.73. The number of carbonyl (C=O) groups is 3. The van der Waals surface area contributed by atoms with Gasteiger partial charge in [0.2, 0.25) is 5.91 Å². The number of aliphatic carboxylic acids is 1. The zero-order valence-electron chi connectivity index (χ0n) is 10.9. The summed E-state index contributed by atoms with van der Waals surface area (Å²) in [6.07, 6.45) is 1.74. The fourth-order valence-electron chi connectivity index (χ4n) is 1.73. The highest BCUT2D eigenvalue weighted by Crippen LogP contribution is 2.30. The fraction of sp³-hybridized carbons (Fsp3) is 0.750. The predicted octanol–water partition coefficient (Wildman–Crippen LogP) is 1.37. The van der Waals surface area contributed by atoms with Crippen LogP contribution in [0.3, 0.4) is 0 Å². The molecule has 1 saturated carbocycles. The number of thioether (sulfide) groups is 1. The molecule has 0 radical (unpaired) electrons. The standard InChI is InChI=1S/C12H19NO4S/c1-7(6-18-9(3)14)11(15)13(10-4-5-10)8(2)12(16)17/h7-8,10H,4-6H2,1-3H3,(H,16,17)/t7?,8-/m0/s1. The van der Waals surface area contributed by atoms with E-state index in [9.17, 15) is 14.4 Å². The van der Waals surface area contributed by atoms with Gasteiger partial charge in [0.25, 0.3) is 0 Å². The summed E-state index contributed by atoms with van der Waals surface area (Å²) in [4.78, 5) is 35.6. The van der Waals surface area contributed by atoms with Crippen LogP contribution in [0.5, 0.6) is 0 Å². The maximum atomic E-state index is 12.2. The maximum absolute atomic E-state index is 12.2. The number of hydrogen-bond acceptors (Lipinski definition) is 4. The summed E-state index contributed by atoms with van der Waals surface area (Å²) in [5.74, 6) is -1.08. The van der Waals surface area contributed by atoms with Gasteiger partial charge in [-0.25, -0.2) is 4.79 Å². The molecule has 1 aliphatic rings. The highest BCUT2D eigenvalue weighted by atomic mass is 32.2. The van der Waals surface area contributed by atoms with Gasteiger partial charge in [-0.2, -0.15) is 0 Å². The number of carboxylic acids is 1. The van der Waals surface area contributed by atoms with Crippen molar-refractivity contribution in [3.05, 3.63) is 0 Å². The van der Waals surface area contributed by atoms with Crippen LogP contribution in [0.4, 0.5) is 0 Å². The number of amides is 1. The van der Waals surface area contributed by atoms with E-state index in [0.717, 1.165) is 24.6 Å². The second-order valence-electron chi connectivity index (χ2n) is 4.69. The Bertz CT molecular complexity index is 354. The van der Waals surface area contributed by atoms with E-state index in [1.54, 1.807) is 6.92 Å². The summed E-state index contributed by atoms with van der Waals surface area (Å²) in [6, 6.07) is -0.733. The van der Waals surface area contributed by atoms with E-state index < -0.39 is 12.0 Å². The van der Waals surface area contributed by atoms with E-state index >= 15 is 0 Å². The van der Waals surface area contributed by atoms with Crippen LogP contribution in [-0.2, 0) is 14.4 Å². The highest BCUT2D eigenvalue weighted by molar-refractivity contribution is 8.13. The number of carboxylic acid groups (broad SMARTS) is 1. The second kappa shape index (κ2) is 6.22. The van der Waals surface area contributed by atoms with Crippen LogP contribution in [0.15, 0.2) is 0 Å². The molecule has 0 aromatic heterocycles. The Morgan fingerprint density at radius 3 is 2.28 bits per heavy atom. The van der Waals surface area contributed by atoms with E-state index in [-0.39, 0.29) is 23.0 Å². The Balaban J connectivity index is 2.64. The monoisotopic (exact) mass is 273 g/mol. The van der Waals surface area contributed by atoms with Crippen molar-refractivity contribution in [3.8, 4) is 0 Å². The normalized spacial score (nSPS) is 17.9. The first-order chi connectivity index (χ1) is 8.34. The zero-order valence-corrected chi connectivity index (χ0v) is 11.7. The average Bonchev–Trinajstić information content (AvgIpc) is 3.09. The van der Waals surface area contributed by atoms with E-state index in [2.05, 4.69) is 0 Å². The molecule has 6 heteroatoms.